The van der Waals surface area contributed by atoms with Crippen LogP contribution in [0.15, 0.2) is 54.6 Å². The number of benzene rings is 2. The van der Waals surface area contributed by atoms with Crippen LogP contribution in [0.3, 0.4) is 0 Å². The average Bonchev–Trinajstić information content (AvgIpc) is 2.61. The first-order valence-electron chi connectivity index (χ1n) is 7.94. The highest BCUT2D eigenvalue weighted by molar-refractivity contribution is 5.89. The van der Waals surface area contributed by atoms with Crippen molar-refractivity contribution in [3.05, 3.63) is 65.7 Å². The van der Waals surface area contributed by atoms with Crippen LogP contribution in [-0.2, 0) is 16.0 Å². The summed E-state index contributed by atoms with van der Waals surface area (Å²) in [4.78, 5) is 24.2. The Balaban J connectivity index is 1.74. The van der Waals surface area contributed by atoms with E-state index in [2.05, 4.69) is 5.32 Å². The van der Waals surface area contributed by atoms with E-state index in [-0.39, 0.29) is 18.2 Å². The second kappa shape index (κ2) is 7.17. The van der Waals surface area contributed by atoms with Gasteiger partial charge in [0.2, 0.25) is 5.91 Å². The fourth-order valence-electron chi connectivity index (χ4n) is 2.94. The van der Waals surface area contributed by atoms with Crippen LogP contribution in [0, 0.1) is 0 Å². The van der Waals surface area contributed by atoms with Crippen molar-refractivity contribution in [1.29, 1.82) is 0 Å². The third-order valence-electron chi connectivity index (χ3n) is 4.17. The third-order valence-corrected chi connectivity index (χ3v) is 4.17. The van der Waals surface area contributed by atoms with Gasteiger partial charge in [-0.15, -0.1) is 0 Å². The minimum absolute atomic E-state index is 0.257. The lowest BCUT2D eigenvalue weighted by atomic mass is 9.92. The molecule has 1 amide bonds. The summed E-state index contributed by atoms with van der Waals surface area (Å²) in [5.74, 6) is -0.993. The van der Waals surface area contributed by atoms with E-state index in [1.54, 1.807) is 0 Å². The van der Waals surface area contributed by atoms with E-state index in [0.29, 0.717) is 18.8 Å². The second-order valence-electron chi connectivity index (χ2n) is 5.82. The van der Waals surface area contributed by atoms with Gasteiger partial charge < -0.3 is 15.2 Å². The SMILES string of the molecule is O=C(N[C@@H](Cc1ccccc1)C(=O)O)C1CCOc2ccccc21. The fraction of sp³-hybridized carbons (Fsp3) is 0.263. The Morgan fingerprint density at radius 1 is 1.12 bits per heavy atom. The number of carbonyl (C=O) groups is 2. The van der Waals surface area contributed by atoms with Crippen LogP contribution in [0.1, 0.15) is 23.5 Å². The molecule has 5 nitrogen and oxygen atoms in total. The number of hydrogen-bond acceptors (Lipinski definition) is 3. The Hall–Kier alpha value is -2.82. The molecule has 3 rings (SSSR count). The van der Waals surface area contributed by atoms with Gasteiger partial charge in [0.05, 0.1) is 12.5 Å². The van der Waals surface area contributed by atoms with Crippen LogP contribution in [0.5, 0.6) is 5.75 Å². The molecule has 24 heavy (non-hydrogen) atoms. The number of aliphatic carboxylic acids is 1. The third kappa shape index (κ3) is 3.56. The summed E-state index contributed by atoms with van der Waals surface area (Å²) in [5.41, 5.74) is 1.68. The van der Waals surface area contributed by atoms with Gasteiger partial charge in [0.25, 0.3) is 0 Å². The molecule has 2 atom stereocenters. The van der Waals surface area contributed by atoms with Crippen LogP contribution in [0.25, 0.3) is 0 Å². The van der Waals surface area contributed by atoms with E-state index in [1.165, 1.54) is 0 Å². The van der Waals surface area contributed by atoms with Gasteiger partial charge >= 0.3 is 5.97 Å². The predicted molar refractivity (Wildman–Crippen MR) is 89.0 cm³/mol. The van der Waals surface area contributed by atoms with Crippen LogP contribution in [-0.4, -0.2) is 29.6 Å². The van der Waals surface area contributed by atoms with Crippen molar-refractivity contribution in [2.24, 2.45) is 0 Å². The molecule has 0 bridgehead atoms. The standard InChI is InChI=1S/C19H19NO4/c21-18(15-10-11-24-17-9-5-4-8-14(15)17)20-16(19(22)23)12-13-6-2-1-3-7-13/h1-9,15-16H,10-12H2,(H,20,21)(H,22,23)/t15?,16-/m0/s1. The molecular weight excluding hydrogens is 306 g/mol. The van der Waals surface area contributed by atoms with E-state index in [1.807, 2.05) is 54.6 Å². The molecule has 2 aromatic rings. The fourth-order valence-corrected chi connectivity index (χ4v) is 2.94. The average molecular weight is 325 g/mol. The molecule has 0 aliphatic carbocycles. The zero-order valence-corrected chi connectivity index (χ0v) is 13.1. The number of carbonyl (C=O) groups excluding carboxylic acids is 1. The molecule has 1 heterocycles. The summed E-state index contributed by atoms with van der Waals surface area (Å²) < 4.78 is 5.56. The van der Waals surface area contributed by atoms with E-state index < -0.39 is 12.0 Å². The van der Waals surface area contributed by atoms with Crippen LogP contribution in [0.2, 0.25) is 0 Å². The summed E-state index contributed by atoms with van der Waals surface area (Å²) in [5, 5.41) is 12.1. The van der Waals surface area contributed by atoms with Gasteiger partial charge in [-0.25, -0.2) is 4.79 Å². The van der Waals surface area contributed by atoms with Crippen molar-refractivity contribution < 1.29 is 19.4 Å². The Morgan fingerprint density at radius 2 is 1.83 bits per heavy atom. The Bertz CT molecular complexity index is 729. The molecule has 1 aliphatic heterocycles. The highest BCUT2D eigenvalue weighted by atomic mass is 16.5. The van der Waals surface area contributed by atoms with Crippen molar-refractivity contribution in [2.75, 3.05) is 6.61 Å². The van der Waals surface area contributed by atoms with E-state index in [0.717, 1.165) is 11.1 Å². The van der Waals surface area contributed by atoms with Crippen LogP contribution in [0.4, 0.5) is 0 Å². The Labute approximate surface area is 140 Å². The van der Waals surface area contributed by atoms with Crippen molar-refractivity contribution in [3.63, 3.8) is 0 Å². The zero-order chi connectivity index (χ0) is 16.9. The van der Waals surface area contributed by atoms with Crippen LogP contribution < -0.4 is 10.1 Å². The molecule has 1 aliphatic rings. The largest absolute Gasteiger partial charge is 0.493 e. The summed E-state index contributed by atoms with van der Waals surface area (Å²) in [6, 6.07) is 15.7. The zero-order valence-electron chi connectivity index (χ0n) is 13.1. The number of nitrogens with one attached hydrogen (secondary N) is 1. The smallest absolute Gasteiger partial charge is 0.326 e. The Kier molecular flexibility index (Phi) is 4.79. The number of rotatable bonds is 5. The molecule has 0 saturated carbocycles. The molecule has 2 N–H and O–H groups in total. The summed E-state index contributed by atoms with van der Waals surface area (Å²) >= 11 is 0. The van der Waals surface area contributed by atoms with Crippen LogP contribution >= 0.6 is 0 Å². The lowest BCUT2D eigenvalue weighted by molar-refractivity contribution is -0.142. The van der Waals surface area contributed by atoms with E-state index in [9.17, 15) is 14.7 Å². The summed E-state index contributed by atoms with van der Waals surface area (Å²) in [7, 11) is 0. The first-order chi connectivity index (χ1) is 11.6. The van der Waals surface area contributed by atoms with Crippen molar-refractivity contribution in [3.8, 4) is 5.75 Å². The lowest BCUT2D eigenvalue weighted by Crippen LogP contribution is -2.45. The first kappa shape index (κ1) is 16.1. The van der Waals surface area contributed by atoms with E-state index >= 15 is 0 Å². The van der Waals surface area contributed by atoms with Gasteiger partial charge in [-0.2, -0.15) is 0 Å². The summed E-state index contributed by atoms with van der Waals surface area (Å²) in [6.07, 6.45) is 0.799. The molecule has 5 heteroatoms. The number of amides is 1. The number of ether oxygens (including phenoxy) is 1. The molecule has 0 aromatic heterocycles. The lowest BCUT2D eigenvalue weighted by Gasteiger charge is -2.26. The number of carboxylic acids is 1. The molecule has 0 radical (unpaired) electrons. The maximum atomic E-state index is 12.6. The van der Waals surface area contributed by atoms with Crippen molar-refractivity contribution >= 4 is 11.9 Å². The highest BCUT2D eigenvalue weighted by Gasteiger charge is 2.30. The molecule has 2 aromatic carbocycles. The monoisotopic (exact) mass is 325 g/mol. The highest BCUT2D eigenvalue weighted by Crippen LogP contribution is 2.33. The minimum Gasteiger partial charge on any atom is -0.493 e. The molecule has 0 saturated heterocycles. The summed E-state index contributed by atoms with van der Waals surface area (Å²) in [6.45, 7) is 0.450. The normalized spacial score (nSPS) is 17.2. The van der Waals surface area contributed by atoms with Crippen molar-refractivity contribution in [2.45, 2.75) is 24.8 Å². The van der Waals surface area contributed by atoms with Gasteiger partial charge in [0.1, 0.15) is 11.8 Å². The number of para-hydroxylation sites is 1. The number of fused-ring (bicyclic) bond motifs is 1. The first-order valence-corrected chi connectivity index (χ1v) is 7.94. The maximum absolute atomic E-state index is 12.6. The molecule has 1 unspecified atom stereocenters. The van der Waals surface area contributed by atoms with Crippen molar-refractivity contribution in [1.82, 2.24) is 5.32 Å². The van der Waals surface area contributed by atoms with Gasteiger partial charge in [-0.05, 0) is 18.1 Å². The molecular formula is C19H19NO4. The predicted octanol–water partition coefficient (Wildman–Crippen LogP) is 2.36. The van der Waals surface area contributed by atoms with E-state index in [4.69, 9.17) is 4.74 Å². The topological polar surface area (TPSA) is 75.6 Å². The quantitative estimate of drug-likeness (QED) is 0.885. The van der Waals surface area contributed by atoms with Gasteiger partial charge in [-0.1, -0.05) is 48.5 Å². The molecule has 0 fully saturated rings. The minimum atomic E-state index is -1.03. The van der Waals surface area contributed by atoms with Gasteiger partial charge in [-0.3, -0.25) is 4.79 Å². The van der Waals surface area contributed by atoms with Gasteiger partial charge in [0, 0.05) is 12.0 Å². The second-order valence-corrected chi connectivity index (χ2v) is 5.82. The molecule has 0 spiro atoms. The molecule has 124 valence electrons. The Morgan fingerprint density at radius 3 is 2.58 bits per heavy atom. The maximum Gasteiger partial charge on any atom is 0.326 e. The van der Waals surface area contributed by atoms with Gasteiger partial charge in [0.15, 0.2) is 0 Å². The number of carboxylic acid groups (broad SMARTS) is 1. The number of hydrogen-bond donors (Lipinski definition) is 2.